The van der Waals surface area contributed by atoms with Crippen LogP contribution < -0.4 is 11.1 Å². The minimum absolute atomic E-state index is 0.0223. The zero-order valence-corrected chi connectivity index (χ0v) is 10.8. The molecule has 2 atom stereocenters. The fraction of sp³-hybridized carbons (Fsp3) is 0.917. The quantitative estimate of drug-likeness (QED) is 0.709. The minimum Gasteiger partial charge on any atom is -0.354 e. The molecule has 0 heterocycles. The number of carbonyl (C=O) groups is 1. The van der Waals surface area contributed by atoms with Crippen molar-refractivity contribution in [2.24, 2.45) is 17.1 Å². The Bertz CT molecular complexity index is 202. The molecule has 0 rings (SSSR count). The molecule has 0 unspecified atom stereocenters. The Hall–Kier alpha value is -0.570. The summed E-state index contributed by atoms with van der Waals surface area (Å²) >= 11 is 0. The first-order valence-electron chi connectivity index (χ1n) is 5.87. The van der Waals surface area contributed by atoms with Gasteiger partial charge in [0.25, 0.3) is 0 Å². The molecule has 0 aliphatic carbocycles. The summed E-state index contributed by atoms with van der Waals surface area (Å²) in [5.41, 5.74) is 5.99. The number of hydrogen-bond acceptors (Lipinski definition) is 2. The molecule has 0 aromatic carbocycles. The summed E-state index contributed by atoms with van der Waals surface area (Å²) in [4.78, 5) is 11.7. The molecule has 90 valence electrons. The van der Waals surface area contributed by atoms with Crippen LogP contribution in [-0.2, 0) is 4.79 Å². The van der Waals surface area contributed by atoms with Crippen LogP contribution in [-0.4, -0.2) is 18.5 Å². The highest BCUT2D eigenvalue weighted by Crippen LogP contribution is 2.17. The van der Waals surface area contributed by atoms with Gasteiger partial charge in [0.05, 0.1) is 6.04 Å². The average Bonchev–Trinajstić information content (AvgIpc) is 2.23. The Morgan fingerprint density at radius 3 is 2.33 bits per heavy atom. The molecule has 0 aromatic heterocycles. The molecule has 0 aliphatic heterocycles. The minimum atomic E-state index is -0.373. The van der Waals surface area contributed by atoms with Crippen molar-refractivity contribution in [1.29, 1.82) is 0 Å². The topological polar surface area (TPSA) is 55.1 Å². The van der Waals surface area contributed by atoms with Crippen LogP contribution in [0.2, 0.25) is 0 Å². The molecule has 0 saturated carbocycles. The van der Waals surface area contributed by atoms with Crippen LogP contribution in [0.3, 0.4) is 0 Å². The summed E-state index contributed by atoms with van der Waals surface area (Å²) in [6.07, 6.45) is 1.98. The van der Waals surface area contributed by atoms with E-state index >= 15 is 0 Å². The van der Waals surface area contributed by atoms with Gasteiger partial charge in [-0.05, 0) is 17.8 Å². The van der Waals surface area contributed by atoms with Gasteiger partial charge < -0.3 is 11.1 Å². The summed E-state index contributed by atoms with van der Waals surface area (Å²) in [6.45, 7) is 11.2. The van der Waals surface area contributed by atoms with Gasteiger partial charge in [-0.25, -0.2) is 0 Å². The van der Waals surface area contributed by atoms with E-state index in [9.17, 15) is 4.79 Å². The van der Waals surface area contributed by atoms with E-state index in [4.69, 9.17) is 5.73 Å². The van der Waals surface area contributed by atoms with Gasteiger partial charge in [-0.3, -0.25) is 4.79 Å². The molecule has 3 N–H and O–H groups in total. The van der Waals surface area contributed by atoms with Gasteiger partial charge in [-0.2, -0.15) is 0 Å². The van der Waals surface area contributed by atoms with Crippen LogP contribution in [0.25, 0.3) is 0 Å². The summed E-state index contributed by atoms with van der Waals surface area (Å²) in [6, 6.07) is -0.373. The third-order valence-corrected chi connectivity index (χ3v) is 3.26. The fourth-order valence-electron chi connectivity index (χ4n) is 1.08. The average molecular weight is 214 g/mol. The highest BCUT2D eigenvalue weighted by Gasteiger charge is 2.22. The molecule has 0 saturated heterocycles. The Balaban J connectivity index is 4.04. The molecule has 0 bridgehead atoms. The van der Waals surface area contributed by atoms with E-state index < -0.39 is 0 Å². The molecule has 1 amide bonds. The molecule has 0 aliphatic rings. The zero-order chi connectivity index (χ0) is 12.1. The van der Waals surface area contributed by atoms with E-state index in [1.54, 1.807) is 0 Å². The standard InChI is InChI=1S/C12H26N2O/c1-6-9(3)10(13)11(15)14-8-12(4,5)7-2/h9-10H,6-8,13H2,1-5H3,(H,14,15)/t9-,10-/m0/s1. The van der Waals surface area contributed by atoms with Crippen molar-refractivity contribution in [2.45, 2.75) is 53.5 Å². The lowest BCUT2D eigenvalue weighted by Gasteiger charge is -2.25. The van der Waals surface area contributed by atoms with Gasteiger partial charge in [0.15, 0.2) is 0 Å². The predicted octanol–water partition coefficient (Wildman–Crippen LogP) is 1.91. The third-order valence-electron chi connectivity index (χ3n) is 3.26. The van der Waals surface area contributed by atoms with Crippen LogP contribution >= 0.6 is 0 Å². The van der Waals surface area contributed by atoms with Crippen LogP contribution in [0.1, 0.15) is 47.5 Å². The van der Waals surface area contributed by atoms with Crippen molar-refractivity contribution in [1.82, 2.24) is 5.32 Å². The fourth-order valence-corrected chi connectivity index (χ4v) is 1.08. The van der Waals surface area contributed by atoms with E-state index in [0.29, 0.717) is 6.54 Å². The Morgan fingerprint density at radius 2 is 1.93 bits per heavy atom. The Labute approximate surface area is 93.8 Å². The monoisotopic (exact) mass is 214 g/mol. The molecular formula is C12H26N2O. The first-order chi connectivity index (χ1) is 6.84. The maximum atomic E-state index is 11.7. The first-order valence-corrected chi connectivity index (χ1v) is 5.87. The van der Waals surface area contributed by atoms with E-state index in [0.717, 1.165) is 12.8 Å². The van der Waals surface area contributed by atoms with E-state index in [1.807, 2.05) is 13.8 Å². The van der Waals surface area contributed by atoms with Gasteiger partial charge in [-0.1, -0.05) is 41.0 Å². The maximum Gasteiger partial charge on any atom is 0.237 e. The largest absolute Gasteiger partial charge is 0.354 e. The number of amides is 1. The first kappa shape index (κ1) is 14.4. The molecular weight excluding hydrogens is 188 g/mol. The maximum absolute atomic E-state index is 11.7. The second-order valence-corrected chi connectivity index (χ2v) is 5.15. The Kier molecular flexibility index (Phi) is 5.88. The van der Waals surface area contributed by atoms with Gasteiger partial charge >= 0.3 is 0 Å². The Morgan fingerprint density at radius 1 is 1.40 bits per heavy atom. The van der Waals surface area contributed by atoms with E-state index in [2.05, 4.69) is 26.1 Å². The third kappa shape index (κ3) is 5.17. The highest BCUT2D eigenvalue weighted by atomic mass is 16.2. The van der Waals surface area contributed by atoms with E-state index in [1.165, 1.54) is 0 Å². The van der Waals surface area contributed by atoms with Crippen LogP contribution in [0, 0.1) is 11.3 Å². The summed E-state index contributed by atoms with van der Waals surface area (Å²) < 4.78 is 0. The molecule has 3 nitrogen and oxygen atoms in total. The molecule has 3 heteroatoms. The lowest BCUT2D eigenvalue weighted by atomic mass is 9.90. The summed E-state index contributed by atoms with van der Waals surface area (Å²) in [7, 11) is 0. The normalized spacial score (nSPS) is 15.9. The molecule has 0 aromatic rings. The molecule has 0 radical (unpaired) electrons. The lowest BCUT2D eigenvalue weighted by Crippen LogP contribution is -2.47. The van der Waals surface area contributed by atoms with Gasteiger partial charge in [0.1, 0.15) is 0 Å². The summed E-state index contributed by atoms with van der Waals surface area (Å²) in [5, 5.41) is 2.92. The number of carbonyl (C=O) groups excluding carboxylic acids is 1. The van der Waals surface area contributed by atoms with Crippen molar-refractivity contribution in [3.05, 3.63) is 0 Å². The lowest BCUT2D eigenvalue weighted by molar-refractivity contribution is -0.123. The van der Waals surface area contributed by atoms with Crippen LogP contribution in [0.15, 0.2) is 0 Å². The smallest absolute Gasteiger partial charge is 0.237 e. The number of nitrogens with two attached hydrogens (primary N) is 1. The van der Waals surface area contributed by atoms with Gasteiger partial charge in [0, 0.05) is 6.54 Å². The number of rotatable bonds is 6. The van der Waals surface area contributed by atoms with Crippen molar-refractivity contribution in [3.8, 4) is 0 Å². The van der Waals surface area contributed by atoms with Crippen molar-refractivity contribution < 1.29 is 4.79 Å². The SMILES string of the molecule is CC[C@H](C)[C@H](N)C(=O)NCC(C)(C)CC. The summed E-state index contributed by atoms with van der Waals surface area (Å²) in [5.74, 6) is 0.223. The second-order valence-electron chi connectivity index (χ2n) is 5.15. The molecule has 0 fully saturated rings. The molecule has 15 heavy (non-hydrogen) atoms. The van der Waals surface area contributed by atoms with Crippen molar-refractivity contribution in [3.63, 3.8) is 0 Å². The predicted molar refractivity (Wildman–Crippen MR) is 64.5 cm³/mol. The molecule has 0 spiro atoms. The number of hydrogen-bond donors (Lipinski definition) is 2. The highest BCUT2D eigenvalue weighted by molar-refractivity contribution is 5.81. The second kappa shape index (κ2) is 6.11. The zero-order valence-electron chi connectivity index (χ0n) is 10.8. The van der Waals surface area contributed by atoms with Crippen LogP contribution in [0.5, 0.6) is 0 Å². The number of nitrogens with one attached hydrogen (secondary N) is 1. The van der Waals surface area contributed by atoms with E-state index in [-0.39, 0.29) is 23.3 Å². The van der Waals surface area contributed by atoms with Crippen molar-refractivity contribution >= 4 is 5.91 Å². The van der Waals surface area contributed by atoms with Gasteiger partial charge in [0.2, 0.25) is 5.91 Å². The van der Waals surface area contributed by atoms with Gasteiger partial charge in [-0.15, -0.1) is 0 Å². The van der Waals surface area contributed by atoms with Crippen molar-refractivity contribution in [2.75, 3.05) is 6.54 Å². The van der Waals surface area contributed by atoms with Crippen LogP contribution in [0.4, 0.5) is 0 Å².